The molecular weight excluding hydrogens is 150 g/mol. The van der Waals surface area contributed by atoms with E-state index >= 15 is 0 Å². The van der Waals surface area contributed by atoms with E-state index in [2.05, 4.69) is 0 Å². The summed E-state index contributed by atoms with van der Waals surface area (Å²) in [4.78, 5) is 0. The predicted octanol–water partition coefficient (Wildman–Crippen LogP) is 2.19. The van der Waals surface area contributed by atoms with Crippen LogP contribution in [0.1, 0.15) is 33.1 Å². The van der Waals surface area contributed by atoms with E-state index < -0.39 is 17.4 Å². The number of hydrogen-bond acceptors (Lipinski definition) is 1. The molecule has 1 N–H and O–H groups in total. The van der Waals surface area contributed by atoms with Crippen LogP contribution in [0.25, 0.3) is 0 Å². The van der Waals surface area contributed by atoms with Gasteiger partial charge in [0, 0.05) is 6.42 Å². The Balaban J connectivity index is 2.76. The lowest BCUT2D eigenvalue weighted by Crippen LogP contribution is -2.47. The van der Waals surface area contributed by atoms with Gasteiger partial charge in [0.1, 0.15) is 6.10 Å². The molecule has 1 saturated carbocycles. The summed E-state index contributed by atoms with van der Waals surface area (Å²) in [6, 6.07) is 0. The molecule has 0 bridgehead atoms. The zero-order valence-electron chi connectivity index (χ0n) is 6.90. The lowest BCUT2D eigenvalue weighted by atomic mass is 9.73. The monoisotopic (exact) mass is 164 g/mol. The van der Waals surface area contributed by atoms with Crippen molar-refractivity contribution in [2.24, 2.45) is 5.41 Å². The molecule has 0 aromatic carbocycles. The second-order valence-electron chi connectivity index (χ2n) is 4.01. The Morgan fingerprint density at radius 3 is 2.18 bits per heavy atom. The Kier molecular flexibility index (Phi) is 1.95. The Morgan fingerprint density at radius 2 is 1.82 bits per heavy atom. The fourth-order valence-corrected chi connectivity index (χ4v) is 1.62. The number of rotatable bonds is 0. The minimum Gasteiger partial charge on any atom is -0.386 e. The standard InChI is InChI=1S/C8H14F2O/c1-7(2)4-3-5-8(9,10)6(7)11/h6,11H,3-5H2,1-2H3. The molecule has 11 heavy (non-hydrogen) atoms. The van der Waals surface area contributed by atoms with Gasteiger partial charge >= 0.3 is 0 Å². The van der Waals surface area contributed by atoms with E-state index in [0.717, 1.165) is 0 Å². The average Bonchev–Trinajstić information content (AvgIpc) is 1.82. The quantitative estimate of drug-likeness (QED) is 0.582. The van der Waals surface area contributed by atoms with Crippen LogP contribution in [-0.4, -0.2) is 17.1 Å². The van der Waals surface area contributed by atoms with Crippen molar-refractivity contribution in [2.45, 2.75) is 45.1 Å². The van der Waals surface area contributed by atoms with E-state index in [1.165, 1.54) is 0 Å². The topological polar surface area (TPSA) is 20.2 Å². The summed E-state index contributed by atoms with van der Waals surface area (Å²) in [7, 11) is 0. The van der Waals surface area contributed by atoms with Gasteiger partial charge in [-0.25, -0.2) is 8.78 Å². The lowest BCUT2D eigenvalue weighted by molar-refractivity contribution is -0.179. The first kappa shape index (κ1) is 8.91. The van der Waals surface area contributed by atoms with E-state index in [0.29, 0.717) is 12.8 Å². The number of hydrogen-bond donors (Lipinski definition) is 1. The molecule has 1 aliphatic carbocycles. The van der Waals surface area contributed by atoms with Crippen molar-refractivity contribution in [1.82, 2.24) is 0 Å². The molecule has 0 saturated heterocycles. The predicted molar refractivity (Wildman–Crippen MR) is 38.6 cm³/mol. The molecule has 1 nitrogen and oxygen atoms in total. The van der Waals surface area contributed by atoms with Gasteiger partial charge in [-0.1, -0.05) is 13.8 Å². The summed E-state index contributed by atoms with van der Waals surface area (Å²) in [6.07, 6.45) is -0.443. The zero-order chi connectivity index (χ0) is 8.70. The highest BCUT2D eigenvalue weighted by molar-refractivity contribution is 4.92. The van der Waals surface area contributed by atoms with Crippen LogP contribution >= 0.6 is 0 Å². The zero-order valence-corrected chi connectivity index (χ0v) is 6.90. The highest BCUT2D eigenvalue weighted by atomic mass is 19.3. The van der Waals surface area contributed by atoms with Crippen molar-refractivity contribution in [3.8, 4) is 0 Å². The fraction of sp³-hybridized carbons (Fsp3) is 1.00. The van der Waals surface area contributed by atoms with Crippen molar-refractivity contribution >= 4 is 0 Å². The van der Waals surface area contributed by atoms with E-state index in [1.807, 2.05) is 0 Å². The van der Waals surface area contributed by atoms with Crippen LogP contribution in [0.15, 0.2) is 0 Å². The Bertz CT molecular complexity index is 138. The number of aliphatic hydroxyl groups excluding tert-OH is 1. The third kappa shape index (κ3) is 1.53. The van der Waals surface area contributed by atoms with Crippen molar-refractivity contribution in [1.29, 1.82) is 0 Å². The van der Waals surface area contributed by atoms with Crippen molar-refractivity contribution in [3.05, 3.63) is 0 Å². The van der Waals surface area contributed by atoms with Gasteiger partial charge in [-0.15, -0.1) is 0 Å². The van der Waals surface area contributed by atoms with Gasteiger partial charge in [-0.05, 0) is 18.3 Å². The molecule has 0 heterocycles. The molecule has 0 amide bonds. The minimum atomic E-state index is -2.87. The summed E-state index contributed by atoms with van der Waals surface area (Å²) in [6.45, 7) is 3.37. The van der Waals surface area contributed by atoms with E-state index in [1.54, 1.807) is 13.8 Å². The first-order valence-electron chi connectivity index (χ1n) is 3.92. The van der Waals surface area contributed by atoms with Crippen LogP contribution in [0.4, 0.5) is 8.78 Å². The molecule has 0 aromatic rings. The molecule has 66 valence electrons. The second-order valence-corrected chi connectivity index (χ2v) is 4.01. The molecule has 1 rings (SSSR count). The first-order chi connectivity index (χ1) is 4.86. The van der Waals surface area contributed by atoms with Crippen LogP contribution in [0.2, 0.25) is 0 Å². The smallest absolute Gasteiger partial charge is 0.273 e. The molecule has 1 fully saturated rings. The molecule has 0 spiro atoms. The molecule has 0 radical (unpaired) electrons. The van der Waals surface area contributed by atoms with Crippen LogP contribution in [0.3, 0.4) is 0 Å². The molecule has 1 unspecified atom stereocenters. The summed E-state index contributed by atoms with van der Waals surface area (Å²) in [5.41, 5.74) is -0.623. The van der Waals surface area contributed by atoms with Gasteiger partial charge in [0.05, 0.1) is 0 Å². The lowest BCUT2D eigenvalue weighted by Gasteiger charge is -2.40. The van der Waals surface area contributed by atoms with Gasteiger partial charge in [-0.3, -0.25) is 0 Å². The molecule has 1 aliphatic rings. The summed E-state index contributed by atoms with van der Waals surface area (Å²) >= 11 is 0. The Morgan fingerprint density at radius 1 is 1.27 bits per heavy atom. The highest BCUT2D eigenvalue weighted by Gasteiger charge is 2.49. The fourth-order valence-electron chi connectivity index (χ4n) is 1.62. The minimum absolute atomic E-state index is 0.169. The number of alkyl halides is 2. The molecule has 1 atom stereocenters. The van der Waals surface area contributed by atoms with Crippen molar-refractivity contribution in [3.63, 3.8) is 0 Å². The van der Waals surface area contributed by atoms with Gasteiger partial charge in [0.2, 0.25) is 0 Å². The molecule has 0 aliphatic heterocycles. The summed E-state index contributed by atoms with van der Waals surface area (Å²) < 4.78 is 25.7. The van der Waals surface area contributed by atoms with Gasteiger partial charge < -0.3 is 5.11 Å². The molecule has 3 heteroatoms. The van der Waals surface area contributed by atoms with Gasteiger partial charge in [-0.2, -0.15) is 0 Å². The molecule has 0 aromatic heterocycles. The second kappa shape index (κ2) is 2.41. The van der Waals surface area contributed by atoms with Gasteiger partial charge in [0.15, 0.2) is 0 Å². The van der Waals surface area contributed by atoms with E-state index in [4.69, 9.17) is 0 Å². The largest absolute Gasteiger partial charge is 0.386 e. The highest BCUT2D eigenvalue weighted by Crippen LogP contribution is 2.43. The third-order valence-corrected chi connectivity index (χ3v) is 2.47. The first-order valence-corrected chi connectivity index (χ1v) is 3.92. The number of aliphatic hydroxyl groups is 1. The van der Waals surface area contributed by atoms with E-state index in [9.17, 15) is 13.9 Å². The average molecular weight is 164 g/mol. The van der Waals surface area contributed by atoms with Crippen LogP contribution in [0, 0.1) is 5.41 Å². The van der Waals surface area contributed by atoms with Crippen molar-refractivity contribution < 1.29 is 13.9 Å². The van der Waals surface area contributed by atoms with Crippen LogP contribution < -0.4 is 0 Å². The maximum Gasteiger partial charge on any atom is 0.273 e. The summed E-state index contributed by atoms with van der Waals surface area (Å²) in [5, 5.41) is 9.21. The maximum absolute atomic E-state index is 12.8. The SMILES string of the molecule is CC1(C)CCCC(F)(F)C1O. The Labute approximate surface area is 65.4 Å². The summed E-state index contributed by atoms with van der Waals surface area (Å²) in [5.74, 6) is -2.87. The normalized spacial score (nSPS) is 35.2. The van der Waals surface area contributed by atoms with Crippen LogP contribution in [0.5, 0.6) is 0 Å². The number of halogens is 2. The molecular formula is C8H14F2O. The maximum atomic E-state index is 12.8. The van der Waals surface area contributed by atoms with E-state index in [-0.39, 0.29) is 6.42 Å². The Hall–Kier alpha value is -0.180. The van der Waals surface area contributed by atoms with Crippen molar-refractivity contribution in [2.75, 3.05) is 0 Å². The van der Waals surface area contributed by atoms with Crippen LogP contribution in [-0.2, 0) is 0 Å². The third-order valence-electron chi connectivity index (χ3n) is 2.47. The van der Waals surface area contributed by atoms with Gasteiger partial charge in [0.25, 0.3) is 5.92 Å².